The highest BCUT2D eigenvalue weighted by molar-refractivity contribution is 7.89. The topological polar surface area (TPSA) is 64.6 Å². The first kappa shape index (κ1) is 18.3. The van der Waals surface area contributed by atoms with Crippen LogP contribution >= 0.6 is 0 Å². The van der Waals surface area contributed by atoms with Crippen LogP contribution in [0.3, 0.4) is 0 Å². The van der Waals surface area contributed by atoms with Crippen molar-refractivity contribution >= 4 is 10.0 Å². The third kappa shape index (κ3) is 3.96. The Bertz CT molecular complexity index is 881. The zero-order chi connectivity index (χ0) is 18.9. The Hall–Kier alpha value is -2.05. The van der Waals surface area contributed by atoms with Crippen LogP contribution < -0.4 is 14.2 Å². The van der Waals surface area contributed by atoms with Crippen LogP contribution in [-0.4, -0.2) is 21.6 Å². The second kappa shape index (κ2) is 7.17. The van der Waals surface area contributed by atoms with Crippen LogP contribution in [0, 0.1) is 0 Å². The largest absolute Gasteiger partial charge is 0.497 e. The number of methoxy groups -OCH3 is 1. The highest BCUT2D eigenvalue weighted by Gasteiger charge is 2.47. The molecule has 0 spiro atoms. The van der Waals surface area contributed by atoms with E-state index in [1.165, 1.54) is 12.8 Å². The van der Waals surface area contributed by atoms with Gasteiger partial charge in [0.25, 0.3) is 0 Å². The van der Waals surface area contributed by atoms with E-state index in [0.29, 0.717) is 0 Å². The van der Waals surface area contributed by atoms with Crippen molar-refractivity contribution in [1.82, 2.24) is 4.72 Å². The minimum atomic E-state index is -3.60. The van der Waals surface area contributed by atoms with Crippen molar-refractivity contribution in [3.63, 3.8) is 0 Å². The van der Waals surface area contributed by atoms with E-state index in [9.17, 15) is 8.42 Å². The molecule has 2 saturated carbocycles. The third-order valence-corrected chi connectivity index (χ3v) is 7.01. The van der Waals surface area contributed by atoms with Gasteiger partial charge in [0.1, 0.15) is 11.5 Å². The van der Waals surface area contributed by atoms with Gasteiger partial charge in [0, 0.05) is 0 Å². The maximum atomic E-state index is 12.9. The molecule has 2 aromatic rings. The summed E-state index contributed by atoms with van der Waals surface area (Å²) in [6, 6.07) is 14.3. The molecule has 2 aliphatic carbocycles. The quantitative estimate of drug-likeness (QED) is 0.780. The average Bonchev–Trinajstić information content (AvgIpc) is 3.26. The third-order valence-electron chi connectivity index (χ3n) is 5.46. The molecule has 0 atom stereocenters. The second-order valence-corrected chi connectivity index (χ2v) is 9.09. The molecule has 27 heavy (non-hydrogen) atoms. The second-order valence-electron chi connectivity index (χ2n) is 7.41. The molecule has 1 N–H and O–H groups in total. The molecule has 0 bridgehead atoms. The minimum absolute atomic E-state index is 0.260. The lowest BCUT2D eigenvalue weighted by Gasteiger charge is -2.19. The van der Waals surface area contributed by atoms with Gasteiger partial charge in [-0.15, -0.1) is 0 Å². The number of nitrogens with one attached hydrogen (secondary N) is 1. The molecule has 0 aromatic heterocycles. The van der Waals surface area contributed by atoms with Crippen molar-refractivity contribution in [2.24, 2.45) is 0 Å². The van der Waals surface area contributed by atoms with E-state index in [2.05, 4.69) is 4.72 Å². The van der Waals surface area contributed by atoms with Gasteiger partial charge in [-0.05, 0) is 80.5 Å². The van der Waals surface area contributed by atoms with Crippen molar-refractivity contribution in [3.8, 4) is 11.5 Å². The van der Waals surface area contributed by atoms with Gasteiger partial charge in [0.2, 0.25) is 10.0 Å². The number of sulfonamides is 1. The summed E-state index contributed by atoms with van der Waals surface area (Å²) in [6.07, 6.45) is 6.40. The average molecular weight is 388 g/mol. The molecule has 2 aliphatic rings. The molecule has 0 unspecified atom stereocenters. The maximum absolute atomic E-state index is 12.9. The normalized spacial score (nSPS) is 19.0. The molecular weight excluding hydrogens is 362 g/mol. The summed E-state index contributed by atoms with van der Waals surface area (Å²) in [4.78, 5) is 0.265. The summed E-state index contributed by atoms with van der Waals surface area (Å²) < 4.78 is 39.7. The maximum Gasteiger partial charge on any atom is 0.241 e. The zero-order valence-electron chi connectivity index (χ0n) is 15.5. The number of hydrogen-bond donors (Lipinski definition) is 1. The Morgan fingerprint density at radius 1 is 0.926 bits per heavy atom. The van der Waals surface area contributed by atoms with Gasteiger partial charge >= 0.3 is 0 Å². The summed E-state index contributed by atoms with van der Waals surface area (Å²) in [5, 5.41) is 0. The SMILES string of the molecule is COc1ccc(C2(NS(=O)(=O)c3ccc(OC4CCCC4)cc3)CC2)cc1. The summed E-state index contributed by atoms with van der Waals surface area (Å²) in [5.74, 6) is 1.49. The highest BCUT2D eigenvalue weighted by atomic mass is 32.2. The van der Waals surface area contributed by atoms with Crippen molar-refractivity contribution in [1.29, 1.82) is 0 Å². The zero-order valence-corrected chi connectivity index (χ0v) is 16.3. The van der Waals surface area contributed by atoms with Crippen molar-refractivity contribution < 1.29 is 17.9 Å². The summed E-state index contributed by atoms with van der Waals surface area (Å²) >= 11 is 0. The molecule has 0 heterocycles. The Morgan fingerprint density at radius 2 is 1.52 bits per heavy atom. The van der Waals surface area contributed by atoms with Crippen LogP contribution in [-0.2, 0) is 15.6 Å². The van der Waals surface area contributed by atoms with Crippen LogP contribution in [0.4, 0.5) is 0 Å². The van der Waals surface area contributed by atoms with E-state index in [0.717, 1.165) is 42.7 Å². The standard InChI is InChI=1S/C21H25NO4S/c1-25-17-8-6-16(7-9-17)21(14-15-21)22-27(23,24)20-12-10-19(11-13-20)26-18-4-2-3-5-18/h6-13,18,22H,2-5,14-15H2,1H3. The fraction of sp³-hybridized carbons (Fsp3) is 0.429. The molecule has 6 heteroatoms. The monoisotopic (exact) mass is 387 g/mol. The van der Waals surface area contributed by atoms with Gasteiger partial charge < -0.3 is 9.47 Å². The molecule has 2 aromatic carbocycles. The van der Waals surface area contributed by atoms with Gasteiger partial charge in [0.15, 0.2) is 0 Å². The number of rotatable bonds is 7. The lowest BCUT2D eigenvalue weighted by atomic mass is 10.1. The molecular formula is C21H25NO4S. The van der Waals surface area contributed by atoms with E-state index >= 15 is 0 Å². The van der Waals surface area contributed by atoms with Gasteiger partial charge in [-0.25, -0.2) is 13.1 Å². The van der Waals surface area contributed by atoms with Crippen molar-refractivity contribution in [2.75, 3.05) is 7.11 Å². The fourth-order valence-corrected chi connectivity index (χ4v) is 5.15. The molecule has 5 nitrogen and oxygen atoms in total. The summed E-state index contributed by atoms with van der Waals surface area (Å²) in [5.41, 5.74) is 0.456. The van der Waals surface area contributed by atoms with Crippen LogP contribution in [0.25, 0.3) is 0 Å². The fourth-order valence-electron chi connectivity index (χ4n) is 3.70. The van der Waals surface area contributed by atoms with Gasteiger partial charge in [-0.1, -0.05) is 12.1 Å². The number of ether oxygens (including phenoxy) is 2. The van der Waals surface area contributed by atoms with E-state index in [4.69, 9.17) is 9.47 Å². The van der Waals surface area contributed by atoms with Crippen LogP contribution in [0.15, 0.2) is 53.4 Å². The minimum Gasteiger partial charge on any atom is -0.497 e. The first-order valence-corrected chi connectivity index (χ1v) is 10.9. The molecule has 0 aliphatic heterocycles. The van der Waals surface area contributed by atoms with E-state index in [1.807, 2.05) is 24.3 Å². The Kier molecular flexibility index (Phi) is 4.86. The Balaban J connectivity index is 1.47. The summed E-state index contributed by atoms with van der Waals surface area (Å²) in [6.45, 7) is 0. The predicted octanol–water partition coefficient (Wildman–Crippen LogP) is 3.98. The number of hydrogen-bond acceptors (Lipinski definition) is 4. The van der Waals surface area contributed by atoms with E-state index < -0.39 is 15.6 Å². The van der Waals surface area contributed by atoms with Gasteiger partial charge in [-0.2, -0.15) is 0 Å². The molecule has 0 saturated heterocycles. The first-order valence-electron chi connectivity index (χ1n) is 9.46. The Morgan fingerprint density at radius 3 is 2.07 bits per heavy atom. The van der Waals surface area contributed by atoms with Crippen LogP contribution in [0.2, 0.25) is 0 Å². The lowest BCUT2D eigenvalue weighted by molar-refractivity contribution is 0.210. The first-order chi connectivity index (χ1) is 13.0. The Labute approximate surface area is 160 Å². The van der Waals surface area contributed by atoms with E-state index in [1.54, 1.807) is 31.4 Å². The molecule has 2 fully saturated rings. The smallest absolute Gasteiger partial charge is 0.241 e. The molecule has 0 radical (unpaired) electrons. The highest BCUT2D eigenvalue weighted by Crippen LogP contribution is 2.47. The predicted molar refractivity (Wildman–Crippen MR) is 104 cm³/mol. The van der Waals surface area contributed by atoms with Crippen molar-refractivity contribution in [3.05, 3.63) is 54.1 Å². The number of benzene rings is 2. The van der Waals surface area contributed by atoms with E-state index in [-0.39, 0.29) is 11.0 Å². The molecule has 144 valence electrons. The molecule has 4 rings (SSSR count). The van der Waals surface area contributed by atoms with Crippen LogP contribution in [0.5, 0.6) is 11.5 Å². The van der Waals surface area contributed by atoms with Gasteiger partial charge in [-0.3, -0.25) is 0 Å². The summed E-state index contributed by atoms with van der Waals surface area (Å²) in [7, 11) is -1.98. The van der Waals surface area contributed by atoms with Crippen molar-refractivity contribution in [2.45, 2.75) is 55.1 Å². The van der Waals surface area contributed by atoms with Gasteiger partial charge in [0.05, 0.1) is 23.6 Å². The lowest BCUT2D eigenvalue weighted by Crippen LogP contribution is -2.34. The van der Waals surface area contributed by atoms with Crippen LogP contribution in [0.1, 0.15) is 44.1 Å². The molecule has 0 amide bonds.